The summed E-state index contributed by atoms with van der Waals surface area (Å²) in [6, 6.07) is 5.99. The minimum absolute atomic E-state index is 0.0390. The molecule has 2 bridgehead atoms. The van der Waals surface area contributed by atoms with E-state index in [0.717, 1.165) is 24.8 Å². The lowest BCUT2D eigenvalue weighted by molar-refractivity contribution is -0.569. The molecule has 1 aliphatic carbocycles. The van der Waals surface area contributed by atoms with Crippen molar-refractivity contribution in [1.82, 2.24) is 0 Å². The van der Waals surface area contributed by atoms with Gasteiger partial charge in [-0.3, -0.25) is 9.35 Å². The Kier molecular flexibility index (Phi) is 8.23. The van der Waals surface area contributed by atoms with Crippen molar-refractivity contribution in [2.75, 3.05) is 6.61 Å². The van der Waals surface area contributed by atoms with Crippen LogP contribution < -0.4 is 0 Å². The third kappa shape index (κ3) is 5.61. The molecule has 1 aromatic rings. The zero-order valence-electron chi connectivity index (χ0n) is 22.0. The third-order valence-electron chi connectivity index (χ3n) is 8.27. The minimum atomic E-state index is -4.02. The molecule has 4 heterocycles. The summed E-state index contributed by atoms with van der Waals surface area (Å²) in [5.74, 6) is -1.87. The van der Waals surface area contributed by atoms with Gasteiger partial charge in [0, 0.05) is 12.3 Å². The molecule has 0 radical (unpaired) electrons. The largest absolute Gasteiger partial charge is 0.481 e. The van der Waals surface area contributed by atoms with Crippen LogP contribution in [0.4, 0.5) is 0 Å². The predicted molar refractivity (Wildman–Crippen MR) is 131 cm³/mol. The molecule has 5 aliphatic rings. The highest BCUT2D eigenvalue weighted by Gasteiger charge is 2.70. The number of esters is 1. The Labute approximate surface area is 222 Å². The summed E-state index contributed by atoms with van der Waals surface area (Å²) >= 11 is 0. The maximum absolute atomic E-state index is 12.6. The molecule has 0 amide bonds. The fourth-order valence-electron chi connectivity index (χ4n) is 6.21. The molecule has 12 heteroatoms. The van der Waals surface area contributed by atoms with Gasteiger partial charge in [-0.15, -0.1) is 0 Å². The number of carboxylic acid groups (broad SMARTS) is 1. The number of ether oxygens (including phenoxy) is 3. The van der Waals surface area contributed by atoms with Crippen LogP contribution in [-0.4, -0.2) is 60.4 Å². The molecule has 0 aromatic heterocycles. The Bertz CT molecular complexity index is 1140. The van der Waals surface area contributed by atoms with Gasteiger partial charge in [-0.1, -0.05) is 31.5 Å². The van der Waals surface area contributed by atoms with Crippen LogP contribution >= 0.6 is 0 Å². The highest BCUT2D eigenvalue weighted by Crippen LogP contribution is 2.60. The van der Waals surface area contributed by atoms with Crippen molar-refractivity contribution in [3.8, 4) is 0 Å². The molecule has 1 saturated carbocycles. The molecule has 8 atom stereocenters. The smallest absolute Gasteiger partial charge is 0.335 e. The number of fused-ring (bicyclic) bond motifs is 2. The van der Waals surface area contributed by atoms with Crippen molar-refractivity contribution in [3.63, 3.8) is 0 Å². The third-order valence-corrected chi connectivity index (χ3v) is 9.14. The Morgan fingerprint density at radius 3 is 2.39 bits per heavy atom. The van der Waals surface area contributed by atoms with Crippen LogP contribution in [-0.2, 0) is 43.7 Å². The summed E-state index contributed by atoms with van der Waals surface area (Å²) in [5, 5.41) is 8.74. The Morgan fingerprint density at radius 2 is 1.76 bits per heavy atom. The summed E-state index contributed by atoms with van der Waals surface area (Å²) in [7, 11) is -4.02. The molecule has 6 rings (SSSR count). The van der Waals surface area contributed by atoms with Gasteiger partial charge >= 0.3 is 11.9 Å². The van der Waals surface area contributed by atoms with E-state index in [0.29, 0.717) is 12.3 Å². The average Bonchev–Trinajstić information content (AvgIpc) is 3.07. The second-order valence-corrected chi connectivity index (χ2v) is 12.3. The van der Waals surface area contributed by atoms with Gasteiger partial charge in [0.1, 0.15) is 6.61 Å². The molecule has 11 nitrogen and oxygen atoms in total. The number of hydrogen-bond acceptors (Lipinski definition) is 9. The average molecular weight is 557 g/mol. The maximum Gasteiger partial charge on any atom is 0.335 e. The van der Waals surface area contributed by atoms with E-state index in [1.807, 2.05) is 20.8 Å². The first-order valence-corrected chi connectivity index (χ1v) is 14.3. The molecular weight excluding hydrogens is 520 g/mol. The lowest BCUT2D eigenvalue weighted by atomic mass is 9.57. The van der Waals surface area contributed by atoms with Crippen molar-refractivity contribution >= 4 is 22.1 Å². The lowest BCUT2D eigenvalue weighted by Gasteiger charge is -2.60. The monoisotopic (exact) mass is 556 g/mol. The Hall–Kier alpha value is -2.09. The maximum atomic E-state index is 12.6. The Morgan fingerprint density at radius 1 is 1.08 bits per heavy atom. The van der Waals surface area contributed by atoms with Gasteiger partial charge in [0.25, 0.3) is 10.1 Å². The van der Waals surface area contributed by atoms with E-state index in [1.165, 1.54) is 12.1 Å². The summed E-state index contributed by atoms with van der Waals surface area (Å²) < 4.78 is 47.0. The summed E-state index contributed by atoms with van der Waals surface area (Å²) in [6.45, 7) is 7.70. The first-order valence-electron chi connectivity index (χ1n) is 12.9. The summed E-state index contributed by atoms with van der Waals surface area (Å²) in [5.41, 5.74) is 0.239. The fourth-order valence-corrected chi connectivity index (χ4v) is 6.69. The van der Waals surface area contributed by atoms with Crippen LogP contribution in [0.15, 0.2) is 29.2 Å². The van der Waals surface area contributed by atoms with Crippen LogP contribution in [0.2, 0.25) is 0 Å². The van der Waals surface area contributed by atoms with Crippen molar-refractivity contribution in [2.45, 2.75) is 88.5 Å². The zero-order valence-corrected chi connectivity index (χ0v) is 22.8. The first kappa shape index (κ1) is 28.9. The number of rotatable bonds is 5. The van der Waals surface area contributed by atoms with E-state index in [4.69, 9.17) is 33.6 Å². The van der Waals surface area contributed by atoms with Crippen LogP contribution in [0.25, 0.3) is 0 Å². The highest BCUT2D eigenvalue weighted by atomic mass is 32.2. The van der Waals surface area contributed by atoms with Gasteiger partial charge < -0.3 is 19.3 Å². The fraction of sp³-hybridized carbons (Fsp3) is 0.692. The van der Waals surface area contributed by atoms with Gasteiger partial charge in [0.05, 0.1) is 11.3 Å². The number of aliphatic carboxylic acids is 1. The van der Waals surface area contributed by atoms with E-state index >= 15 is 0 Å². The van der Waals surface area contributed by atoms with E-state index < -0.39 is 45.8 Å². The lowest BCUT2D eigenvalue weighted by Crippen LogP contribution is -2.71. The number of aryl methyl sites for hydroxylation is 1. The summed E-state index contributed by atoms with van der Waals surface area (Å²) in [4.78, 5) is 34.9. The number of hydrogen-bond donors (Lipinski definition) is 2. The number of carbonyl (C=O) groups excluding carboxylic acids is 1. The molecule has 4 saturated heterocycles. The molecule has 212 valence electrons. The van der Waals surface area contributed by atoms with Crippen LogP contribution in [0.5, 0.6) is 0 Å². The first-order chi connectivity index (χ1) is 17.8. The van der Waals surface area contributed by atoms with Crippen LogP contribution in [0, 0.1) is 30.6 Å². The SMILES string of the molecule is C[C@H]1[C@H](C(=O)OCCC(=O)O)O[C@@H]2O[C@]3(C)CC[C@H]4[C@H](C)CC[C@@H]1C24OO3.Cc1ccc(S(=O)(=O)O)cc1. The quantitative estimate of drug-likeness (QED) is 0.311. The van der Waals surface area contributed by atoms with Crippen LogP contribution in [0.1, 0.15) is 58.4 Å². The number of benzene rings is 1. The van der Waals surface area contributed by atoms with E-state index in [2.05, 4.69) is 6.92 Å². The molecule has 1 aromatic carbocycles. The zero-order chi connectivity index (χ0) is 27.9. The van der Waals surface area contributed by atoms with Gasteiger partial charge in [-0.05, 0) is 63.0 Å². The normalized spacial score (nSPS) is 37.7. The molecule has 38 heavy (non-hydrogen) atoms. The van der Waals surface area contributed by atoms with Gasteiger partial charge in [0.2, 0.25) is 5.79 Å². The summed E-state index contributed by atoms with van der Waals surface area (Å²) in [6.07, 6.45) is 1.84. The molecule has 4 aliphatic heterocycles. The van der Waals surface area contributed by atoms with Crippen molar-refractivity contribution < 1.29 is 51.7 Å². The van der Waals surface area contributed by atoms with Crippen molar-refractivity contribution in [2.24, 2.45) is 23.7 Å². The van der Waals surface area contributed by atoms with E-state index in [1.54, 1.807) is 12.1 Å². The molecule has 2 N–H and O–H groups in total. The van der Waals surface area contributed by atoms with E-state index in [9.17, 15) is 18.0 Å². The van der Waals surface area contributed by atoms with Gasteiger partial charge in [0.15, 0.2) is 18.0 Å². The molecule has 1 spiro atoms. The predicted octanol–water partition coefficient (Wildman–Crippen LogP) is 3.50. The molecule has 1 unspecified atom stereocenters. The van der Waals surface area contributed by atoms with Gasteiger partial charge in [-0.25, -0.2) is 14.6 Å². The molecular formula is C26H36O11S. The minimum Gasteiger partial charge on any atom is -0.481 e. The molecule has 5 fully saturated rings. The highest BCUT2D eigenvalue weighted by molar-refractivity contribution is 7.85. The Balaban J connectivity index is 0.000000257. The van der Waals surface area contributed by atoms with Gasteiger partial charge in [-0.2, -0.15) is 8.42 Å². The van der Waals surface area contributed by atoms with Crippen molar-refractivity contribution in [1.29, 1.82) is 0 Å². The number of carbonyl (C=O) groups is 2. The standard InChI is InChI=1S/C19H28O8.C7H8O3S/c1-10-4-5-13-11(2)15(16(22)23-9-7-14(20)21)24-17-19(13)12(10)6-8-18(3,25-17)26-27-19;1-6-2-4-7(5-3-6)11(8,9)10/h10-13,15,17H,4-9H2,1-3H3,(H,20,21);2-5H,1H3,(H,8,9,10)/t10-,11-,12+,13+,15-,17-,18+,19?;/m1./s1. The van der Waals surface area contributed by atoms with Crippen molar-refractivity contribution in [3.05, 3.63) is 29.8 Å². The topological polar surface area (TPSA) is 155 Å². The second-order valence-electron chi connectivity index (χ2n) is 10.9. The second kappa shape index (κ2) is 10.8. The number of carboxylic acids is 1. The van der Waals surface area contributed by atoms with E-state index in [-0.39, 0.29) is 35.7 Å². The van der Waals surface area contributed by atoms with Crippen LogP contribution in [0.3, 0.4) is 0 Å².